The molecule has 0 unspecified atom stereocenters. The number of fused-ring (bicyclic) bond motifs is 1. The molecule has 1 aliphatic heterocycles. The van der Waals surface area contributed by atoms with E-state index in [4.69, 9.17) is 17.3 Å². The van der Waals surface area contributed by atoms with Crippen LogP contribution < -0.4 is 0 Å². The van der Waals surface area contributed by atoms with Crippen LogP contribution in [-0.2, 0) is 4.79 Å². The van der Waals surface area contributed by atoms with E-state index in [-0.39, 0.29) is 5.88 Å². The van der Waals surface area contributed by atoms with Gasteiger partial charge in [-0.25, -0.2) is 4.79 Å². The van der Waals surface area contributed by atoms with Gasteiger partial charge in [0, 0.05) is 17.4 Å². The maximum atomic E-state index is 11.1. The number of nitrogens with zero attached hydrogens (tertiary/aromatic N) is 2. The number of thiazole rings is 1. The lowest BCUT2D eigenvalue weighted by Crippen LogP contribution is -2.14. The van der Waals surface area contributed by atoms with Gasteiger partial charge in [-0.1, -0.05) is 18.2 Å². The molecule has 5 nitrogen and oxygen atoms in total. The summed E-state index contributed by atoms with van der Waals surface area (Å²) in [7, 11) is 0. The molecule has 1 atom stereocenters. The summed E-state index contributed by atoms with van der Waals surface area (Å²) < 4.78 is 1.56. The highest BCUT2D eigenvalue weighted by Crippen LogP contribution is 2.36. The van der Waals surface area contributed by atoms with Gasteiger partial charge in [-0.2, -0.15) is 0 Å². The number of hydrogen-bond acceptors (Lipinski definition) is 5. The van der Waals surface area contributed by atoms with Crippen LogP contribution in [0.1, 0.15) is 23.4 Å². The van der Waals surface area contributed by atoms with E-state index in [1.54, 1.807) is 12.3 Å². The molecule has 1 aromatic carbocycles. The molecule has 22 heavy (non-hydrogen) atoms. The fourth-order valence-electron chi connectivity index (χ4n) is 2.24. The number of benzene rings is 1. The van der Waals surface area contributed by atoms with E-state index in [2.05, 4.69) is 4.99 Å². The topological polar surface area (TPSA) is 74.8 Å². The molecule has 0 bridgehead atoms. The number of aromatic nitrogens is 1. The van der Waals surface area contributed by atoms with Crippen LogP contribution in [0.4, 0.5) is 5.69 Å². The highest BCUT2D eigenvalue weighted by molar-refractivity contribution is 7.73. The third kappa shape index (κ3) is 2.38. The maximum absolute atomic E-state index is 11.1. The Labute approximate surface area is 135 Å². The van der Waals surface area contributed by atoms with Gasteiger partial charge in [-0.15, -0.1) is 11.3 Å². The van der Waals surface area contributed by atoms with Crippen LogP contribution in [0.15, 0.2) is 29.3 Å². The zero-order valence-corrected chi connectivity index (χ0v) is 13.2. The standard InChI is InChI=1S/C15H12N2O3S2/c1-8(14(19)20)17-13(18)12(22-15(17)21)6-9-7-16-11-5-3-2-4-10(9)11/h2-8,18H,1H3,(H,19,20)/b9-6+/t8-/m0/s1. The molecule has 0 spiro atoms. The SMILES string of the molecule is C[C@@H](C(=O)O)n1c(O)c(/C=C2\C=Nc3ccccc32)sc1=S. The summed E-state index contributed by atoms with van der Waals surface area (Å²) in [5.74, 6) is -1.17. The van der Waals surface area contributed by atoms with Gasteiger partial charge >= 0.3 is 5.97 Å². The molecule has 0 saturated heterocycles. The fraction of sp³-hybridized carbons (Fsp3) is 0.133. The Kier molecular flexibility index (Phi) is 3.67. The monoisotopic (exact) mass is 332 g/mol. The van der Waals surface area contributed by atoms with Crippen LogP contribution in [0.3, 0.4) is 0 Å². The van der Waals surface area contributed by atoms with E-state index in [1.165, 1.54) is 22.8 Å². The van der Waals surface area contributed by atoms with Gasteiger partial charge in [0.25, 0.3) is 0 Å². The summed E-state index contributed by atoms with van der Waals surface area (Å²) in [5, 5.41) is 19.4. The largest absolute Gasteiger partial charge is 0.493 e. The normalized spacial score (nSPS) is 16.0. The molecule has 2 heterocycles. The first-order valence-electron chi connectivity index (χ1n) is 6.51. The van der Waals surface area contributed by atoms with E-state index in [0.717, 1.165) is 16.8 Å². The van der Waals surface area contributed by atoms with Crippen molar-refractivity contribution in [2.24, 2.45) is 4.99 Å². The first kappa shape index (κ1) is 14.7. The van der Waals surface area contributed by atoms with Crippen LogP contribution in [0.5, 0.6) is 5.88 Å². The predicted molar refractivity (Wildman–Crippen MR) is 89.6 cm³/mol. The lowest BCUT2D eigenvalue weighted by atomic mass is 10.1. The third-order valence-electron chi connectivity index (χ3n) is 3.43. The molecule has 2 N–H and O–H groups in total. The van der Waals surface area contributed by atoms with Gasteiger partial charge in [0.15, 0.2) is 3.95 Å². The lowest BCUT2D eigenvalue weighted by molar-refractivity contribution is -0.140. The molecular weight excluding hydrogens is 320 g/mol. The summed E-state index contributed by atoms with van der Waals surface area (Å²) >= 11 is 6.34. The van der Waals surface area contributed by atoms with E-state index >= 15 is 0 Å². The second kappa shape index (κ2) is 5.51. The van der Waals surface area contributed by atoms with Gasteiger partial charge in [-0.3, -0.25) is 9.56 Å². The van der Waals surface area contributed by atoms with Crippen molar-refractivity contribution < 1.29 is 15.0 Å². The van der Waals surface area contributed by atoms with Crippen LogP contribution in [0.25, 0.3) is 11.6 Å². The Morgan fingerprint density at radius 2 is 2.18 bits per heavy atom. The average molecular weight is 332 g/mol. The van der Waals surface area contributed by atoms with Crippen molar-refractivity contribution in [1.29, 1.82) is 0 Å². The number of aliphatic imine (C=N–C) groups is 1. The van der Waals surface area contributed by atoms with E-state index in [0.29, 0.717) is 8.83 Å². The van der Waals surface area contributed by atoms with Crippen LogP contribution in [-0.4, -0.2) is 27.0 Å². The van der Waals surface area contributed by atoms with E-state index < -0.39 is 12.0 Å². The molecule has 0 radical (unpaired) electrons. The Bertz CT molecular complexity index is 877. The number of rotatable bonds is 3. The van der Waals surface area contributed by atoms with Crippen molar-refractivity contribution in [3.05, 3.63) is 38.7 Å². The molecule has 3 rings (SSSR count). The van der Waals surface area contributed by atoms with Crippen molar-refractivity contribution in [1.82, 2.24) is 4.57 Å². The minimum Gasteiger partial charge on any atom is -0.493 e. The van der Waals surface area contributed by atoms with Crippen molar-refractivity contribution >= 4 is 53.1 Å². The number of allylic oxidation sites excluding steroid dienone is 1. The van der Waals surface area contributed by atoms with Crippen LogP contribution in [0.2, 0.25) is 0 Å². The Morgan fingerprint density at radius 1 is 1.45 bits per heavy atom. The molecular formula is C15H12N2O3S2. The number of aromatic hydroxyl groups is 1. The van der Waals surface area contributed by atoms with Crippen molar-refractivity contribution in [2.75, 3.05) is 0 Å². The molecule has 112 valence electrons. The predicted octanol–water partition coefficient (Wildman–Crippen LogP) is 3.89. The van der Waals surface area contributed by atoms with Crippen LogP contribution >= 0.6 is 23.6 Å². The first-order valence-corrected chi connectivity index (χ1v) is 7.74. The second-order valence-corrected chi connectivity index (χ2v) is 6.49. The minimum atomic E-state index is -1.05. The number of para-hydroxylation sites is 1. The minimum absolute atomic E-state index is 0.129. The quantitative estimate of drug-likeness (QED) is 0.836. The maximum Gasteiger partial charge on any atom is 0.326 e. The number of carboxylic acids is 1. The van der Waals surface area contributed by atoms with E-state index in [9.17, 15) is 9.90 Å². The summed E-state index contributed by atoms with van der Waals surface area (Å²) in [4.78, 5) is 15.9. The van der Waals surface area contributed by atoms with Crippen molar-refractivity contribution in [3.8, 4) is 5.88 Å². The van der Waals surface area contributed by atoms with Crippen molar-refractivity contribution in [2.45, 2.75) is 13.0 Å². The summed E-state index contributed by atoms with van der Waals surface area (Å²) in [6, 6.07) is 6.76. The summed E-state index contributed by atoms with van der Waals surface area (Å²) in [5.41, 5.74) is 2.70. The highest BCUT2D eigenvalue weighted by Gasteiger charge is 2.21. The molecule has 0 amide bonds. The Morgan fingerprint density at radius 3 is 2.91 bits per heavy atom. The third-order valence-corrected chi connectivity index (χ3v) is 4.77. The van der Waals surface area contributed by atoms with Gasteiger partial charge in [0.1, 0.15) is 6.04 Å². The fourth-order valence-corrected chi connectivity index (χ4v) is 3.66. The summed E-state index contributed by atoms with van der Waals surface area (Å²) in [6.07, 6.45) is 3.49. The Balaban J connectivity index is 2.07. The molecule has 2 aromatic rings. The molecule has 0 aliphatic carbocycles. The Hall–Kier alpha value is -2.25. The molecule has 0 saturated carbocycles. The number of hydrogen-bond donors (Lipinski definition) is 2. The smallest absolute Gasteiger partial charge is 0.326 e. The number of aliphatic carboxylic acids is 1. The number of carboxylic acid groups (broad SMARTS) is 1. The first-order chi connectivity index (χ1) is 10.5. The molecule has 1 aromatic heterocycles. The van der Waals surface area contributed by atoms with Gasteiger partial charge in [-0.05, 0) is 31.3 Å². The van der Waals surface area contributed by atoms with Gasteiger partial charge < -0.3 is 10.2 Å². The zero-order chi connectivity index (χ0) is 15.9. The highest BCUT2D eigenvalue weighted by atomic mass is 32.1. The second-order valence-electron chi connectivity index (χ2n) is 4.82. The average Bonchev–Trinajstić information content (AvgIpc) is 3.01. The molecule has 0 fully saturated rings. The lowest BCUT2D eigenvalue weighted by Gasteiger charge is -2.09. The number of carbonyl (C=O) groups is 1. The van der Waals surface area contributed by atoms with E-state index in [1.807, 2.05) is 24.3 Å². The van der Waals surface area contributed by atoms with Crippen LogP contribution in [0, 0.1) is 3.95 Å². The summed E-state index contributed by atoms with van der Waals surface area (Å²) in [6.45, 7) is 1.48. The van der Waals surface area contributed by atoms with Gasteiger partial charge in [0.05, 0.1) is 10.6 Å². The molecule has 1 aliphatic rings. The van der Waals surface area contributed by atoms with Crippen molar-refractivity contribution in [3.63, 3.8) is 0 Å². The van der Waals surface area contributed by atoms with Gasteiger partial charge in [0.2, 0.25) is 5.88 Å². The zero-order valence-electron chi connectivity index (χ0n) is 11.6. The molecule has 7 heteroatoms.